The van der Waals surface area contributed by atoms with Gasteiger partial charge >= 0.3 is 0 Å². The first-order valence-corrected chi connectivity index (χ1v) is 8.73. The number of fused-ring (bicyclic) bond motifs is 1. The summed E-state index contributed by atoms with van der Waals surface area (Å²) in [6, 6.07) is 15.7. The van der Waals surface area contributed by atoms with E-state index in [1.54, 1.807) is 0 Å². The Labute approximate surface area is 151 Å². The summed E-state index contributed by atoms with van der Waals surface area (Å²) in [6.45, 7) is 5.04. The number of amides is 1. The highest BCUT2D eigenvalue weighted by molar-refractivity contribution is 5.88. The molecule has 6 nitrogen and oxygen atoms in total. The van der Waals surface area contributed by atoms with Gasteiger partial charge in [0.05, 0.1) is 24.5 Å². The predicted octanol–water partition coefficient (Wildman–Crippen LogP) is 3.29. The first-order chi connectivity index (χ1) is 12.6. The second-order valence-corrected chi connectivity index (χ2v) is 6.64. The summed E-state index contributed by atoms with van der Waals surface area (Å²) in [6.07, 6.45) is 0.129. The van der Waals surface area contributed by atoms with Gasteiger partial charge in [-0.2, -0.15) is 0 Å². The lowest BCUT2D eigenvalue weighted by Gasteiger charge is -2.39. The topological polar surface area (TPSA) is 67.6 Å². The van der Waals surface area contributed by atoms with Crippen molar-refractivity contribution in [2.75, 3.05) is 18.0 Å². The van der Waals surface area contributed by atoms with E-state index in [2.05, 4.69) is 15.4 Å². The van der Waals surface area contributed by atoms with Crippen LogP contribution < -0.4 is 15.0 Å². The van der Waals surface area contributed by atoms with Gasteiger partial charge in [0.25, 0.3) is 0 Å². The molecule has 1 aliphatic heterocycles. The minimum atomic E-state index is -0.0345. The average Bonchev–Trinajstić information content (AvgIpc) is 3.01. The molecule has 134 valence electrons. The Morgan fingerprint density at radius 3 is 2.69 bits per heavy atom. The number of hydrogen-bond donors (Lipinski definition) is 1. The average molecular weight is 351 g/mol. The first kappa shape index (κ1) is 16.4. The lowest BCUT2D eigenvalue weighted by Crippen LogP contribution is -2.54. The van der Waals surface area contributed by atoms with E-state index >= 15 is 0 Å². The fraction of sp³-hybridized carbons (Fsp3) is 0.300. The van der Waals surface area contributed by atoms with Gasteiger partial charge in [0, 0.05) is 6.92 Å². The van der Waals surface area contributed by atoms with Crippen molar-refractivity contribution in [1.82, 2.24) is 10.5 Å². The van der Waals surface area contributed by atoms with Gasteiger partial charge in [0.1, 0.15) is 11.9 Å². The molecule has 0 radical (unpaired) electrons. The Bertz CT molecular complexity index is 913. The minimum absolute atomic E-state index is 0.0128. The maximum absolute atomic E-state index is 11.1. The number of para-hydroxylation sites is 1. The smallest absolute Gasteiger partial charge is 0.217 e. The van der Waals surface area contributed by atoms with Crippen molar-refractivity contribution in [3.05, 3.63) is 54.1 Å². The van der Waals surface area contributed by atoms with E-state index in [0.29, 0.717) is 0 Å². The number of hydrogen-bond acceptors (Lipinski definition) is 5. The largest absolute Gasteiger partial charge is 0.487 e. The van der Waals surface area contributed by atoms with E-state index in [1.807, 2.05) is 55.5 Å². The molecule has 0 spiro atoms. The van der Waals surface area contributed by atoms with Crippen LogP contribution in [0, 0.1) is 0 Å². The van der Waals surface area contributed by atoms with E-state index in [4.69, 9.17) is 9.26 Å². The van der Waals surface area contributed by atoms with Crippen LogP contribution in [0.1, 0.15) is 25.5 Å². The Morgan fingerprint density at radius 1 is 1.23 bits per heavy atom. The molecular formula is C20H21N3O3. The normalized spacial score (nSPS) is 15.5. The Morgan fingerprint density at radius 2 is 1.96 bits per heavy atom. The van der Waals surface area contributed by atoms with Gasteiger partial charge in [0.2, 0.25) is 5.91 Å². The van der Waals surface area contributed by atoms with Crippen molar-refractivity contribution in [3.63, 3.8) is 0 Å². The molecule has 6 heteroatoms. The fourth-order valence-electron chi connectivity index (χ4n) is 3.20. The molecule has 26 heavy (non-hydrogen) atoms. The number of anilines is 1. The molecule has 2 heterocycles. The van der Waals surface area contributed by atoms with Crippen LogP contribution in [0.2, 0.25) is 0 Å². The van der Waals surface area contributed by atoms with Crippen LogP contribution in [0.25, 0.3) is 11.0 Å². The molecule has 3 aromatic rings. The van der Waals surface area contributed by atoms with E-state index < -0.39 is 0 Å². The molecule has 1 saturated heterocycles. The molecule has 1 aromatic heterocycles. The summed E-state index contributed by atoms with van der Waals surface area (Å²) >= 11 is 0. The van der Waals surface area contributed by atoms with Gasteiger partial charge in [-0.1, -0.05) is 29.4 Å². The molecule has 0 saturated carbocycles. The molecule has 4 rings (SSSR count). The molecule has 0 bridgehead atoms. The number of ether oxygens (including phenoxy) is 1. The Kier molecular flexibility index (Phi) is 4.24. The molecule has 1 N–H and O–H groups in total. The van der Waals surface area contributed by atoms with Crippen LogP contribution in [0.15, 0.2) is 53.1 Å². The number of carbonyl (C=O) groups excluding carboxylic acids is 1. The molecule has 0 unspecified atom stereocenters. The summed E-state index contributed by atoms with van der Waals surface area (Å²) in [4.78, 5) is 13.3. The number of rotatable bonds is 5. The number of benzene rings is 2. The van der Waals surface area contributed by atoms with Crippen LogP contribution in [0.5, 0.6) is 5.75 Å². The van der Waals surface area contributed by atoms with E-state index in [1.165, 1.54) is 6.92 Å². The highest BCUT2D eigenvalue weighted by Crippen LogP contribution is 2.30. The van der Waals surface area contributed by atoms with Crippen molar-refractivity contribution < 1.29 is 14.1 Å². The maximum Gasteiger partial charge on any atom is 0.217 e. The number of carbonyl (C=O) groups is 1. The zero-order chi connectivity index (χ0) is 18.1. The third-order valence-electron chi connectivity index (χ3n) is 4.61. The van der Waals surface area contributed by atoms with Crippen LogP contribution in [-0.4, -0.2) is 30.3 Å². The van der Waals surface area contributed by atoms with Crippen molar-refractivity contribution in [3.8, 4) is 5.75 Å². The summed E-state index contributed by atoms with van der Waals surface area (Å²) in [7, 11) is 0. The van der Waals surface area contributed by atoms with E-state index in [9.17, 15) is 4.79 Å². The van der Waals surface area contributed by atoms with Crippen LogP contribution in [0.4, 0.5) is 5.82 Å². The quantitative estimate of drug-likeness (QED) is 0.764. The second-order valence-electron chi connectivity index (χ2n) is 6.64. The highest BCUT2D eigenvalue weighted by atomic mass is 16.5. The summed E-state index contributed by atoms with van der Waals surface area (Å²) in [5.74, 6) is 1.67. The number of nitrogens with one attached hydrogen (secondary N) is 1. The van der Waals surface area contributed by atoms with Crippen LogP contribution >= 0.6 is 0 Å². The van der Waals surface area contributed by atoms with Crippen molar-refractivity contribution in [2.24, 2.45) is 0 Å². The maximum atomic E-state index is 11.1. The second kappa shape index (κ2) is 6.71. The van der Waals surface area contributed by atoms with Crippen LogP contribution in [0.3, 0.4) is 0 Å². The number of aromatic nitrogens is 1. The third kappa shape index (κ3) is 3.22. The van der Waals surface area contributed by atoms with E-state index in [-0.39, 0.29) is 18.1 Å². The SMILES string of the molecule is CC(=O)N[C@@H](C)c1ccc(OC2CN(c3noc4ccccc34)C2)cc1. The standard InChI is InChI=1S/C20H21N3O3/c1-13(21-14(2)24)15-7-9-16(10-8-15)25-17-11-23(12-17)20-18-5-3-4-6-19(18)26-22-20/h3-10,13,17H,11-12H2,1-2H3,(H,21,24)/t13-/m0/s1. The van der Waals surface area contributed by atoms with Crippen molar-refractivity contribution >= 4 is 22.7 Å². The summed E-state index contributed by atoms with van der Waals surface area (Å²) < 4.78 is 11.4. The van der Waals surface area contributed by atoms with Gasteiger partial charge in [-0.3, -0.25) is 4.79 Å². The van der Waals surface area contributed by atoms with Crippen molar-refractivity contribution in [1.29, 1.82) is 0 Å². The van der Waals surface area contributed by atoms with Gasteiger partial charge in [0.15, 0.2) is 11.4 Å². The molecule has 1 atom stereocenters. The lowest BCUT2D eigenvalue weighted by molar-refractivity contribution is -0.119. The highest BCUT2D eigenvalue weighted by Gasteiger charge is 2.31. The zero-order valence-corrected chi connectivity index (χ0v) is 14.8. The van der Waals surface area contributed by atoms with E-state index in [0.717, 1.165) is 41.2 Å². The first-order valence-electron chi connectivity index (χ1n) is 8.73. The molecule has 1 fully saturated rings. The molecular weight excluding hydrogens is 330 g/mol. The van der Waals surface area contributed by atoms with Gasteiger partial charge in [-0.15, -0.1) is 0 Å². The number of nitrogens with zero attached hydrogens (tertiary/aromatic N) is 2. The van der Waals surface area contributed by atoms with Gasteiger partial charge in [-0.05, 0) is 36.8 Å². The Balaban J connectivity index is 1.35. The fourth-order valence-corrected chi connectivity index (χ4v) is 3.20. The minimum Gasteiger partial charge on any atom is -0.487 e. The predicted molar refractivity (Wildman–Crippen MR) is 99.3 cm³/mol. The monoisotopic (exact) mass is 351 g/mol. The molecule has 0 aliphatic carbocycles. The molecule has 2 aromatic carbocycles. The molecule has 1 amide bonds. The van der Waals surface area contributed by atoms with Crippen LogP contribution in [-0.2, 0) is 4.79 Å². The zero-order valence-electron chi connectivity index (χ0n) is 14.8. The molecule has 1 aliphatic rings. The Hall–Kier alpha value is -3.02. The lowest BCUT2D eigenvalue weighted by atomic mass is 10.1. The summed E-state index contributed by atoms with van der Waals surface area (Å²) in [5, 5.41) is 8.08. The summed E-state index contributed by atoms with van der Waals surface area (Å²) in [5.41, 5.74) is 1.85. The van der Waals surface area contributed by atoms with Gasteiger partial charge in [-0.25, -0.2) is 0 Å². The van der Waals surface area contributed by atoms with Gasteiger partial charge < -0.3 is 19.5 Å². The third-order valence-corrected chi connectivity index (χ3v) is 4.61. The van der Waals surface area contributed by atoms with Crippen molar-refractivity contribution in [2.45, 2.75) is 26.0 Å².